The number of aromatic nitrogens is 2. The molecule has 0 fully saturated rings. The lowest BCUT2D eigenvalue weighted by atomic mass is 10.1. The van der Waals surface area contributed by atoms with E-state index in [9.17, 15) is 9.18 Å². The molecule has 0 saturated heterocycles. The number of carboxylic acid groups (broad SMARTS) is 1. The van der Waals surface area contributed by atoms with E-state index < -0.39 is 17.3 Å². The zero-order valence-electron chi connectivity index (χ0n) is 11.2. The van der Waals surface area contributed by atoms with Crippen molar-refractivity contribution in [1.29, 1.82) is 5.26 Å². The molecule has 0 spiro atoms. The minimum Gasteiger partial charge on any atom is -0.477 e. The second-order valence-electron chi connectivity index (χ2n) is 4.22. The maximum Gasteiger partial charge on any atom is 0.342 e. The fourth-order valence-corrected chi connectivity index (χ4v) is 1.69. The van der Waals surface area contributed by atoms with Crippen LogP contribution in [0.2, 0.25) is 0 Å². The molecule has 1 heterocycles. The molecular formula is C14H10FN3O3. The molecule has 21 heavy (non-hydrogen) atoms. The standard InChI is InChI=1S/C14H10FN3O3/c1-7-8(2)17-18-13(9(7)6-16)21-11-5-3-4-10(15)12(11)14(19)20/h3-5H,1-2H3,(H,19,20). The Kier molecular flexibility index (Phi) is 3.80. The number of halogens is 1. The van der Waals surface area contributed by atoms with Gasteiger partial charge in [-0.2, -0.15) is 10.4 Å². The quantitative estimate of drug-likeness (QED) is 0.932. The van der Waals surface area contributed by atoms with Crippen molar-refractivity contribution in [2.45, 2.75) is 13.8 Å². The highest BCUT2D eigenvalue weighted by molar-refractivity contribution is 5.91. The smallest absolute Gasteiger partial charge is 0.342 e. The number of hydrogen-bond donors (Lipinski definition) is 1. The third kappa shape index (κ3) is 2.65. The van der Waals surface area contributed by atoms with E-state index in [4.69, 9.17) is 15.1 Å². The maximum atomic E-state index is 13.6. The van der Waals surface area contributed by atoms with Crippen molar-refractivity contribution in [2.75, 3.05) is 0 Å². The van der Waals surface area contributed by atoms with E-state index in [0.29, 0.717) is 11.3 Å². The summed E-state index contributed by atoms with van der Waals surface area (Å²) in [4.78, 5) is 11.1. The number of nitrogens with zero attached hydrogens (tertiary/aromatic N) is 3. The van der Waals surface area contributed by atoms with Crippen LogP contribution in [0.3, 0.4) is 0 Å². The highest BCUT2D eigenvalue weighted by Gasteiger charge is 2.20. The molecule has 6 nitrogen and oxygen atoms in total. The molecule has 0 unspecified atom stereocenters. The van der Waals surface area contributed by atoms with Gasteiger partial charge in [0.25, 0.3) is 5.88 Å². The third-order valence-electron chi connectivity index (χ3n) is 2.93. The van der Waals surface area contributed by atoms with E-state index in [-0.39, 0.29) is 17.2 Å². The van der Waals surface area contributed by atoms with Crippen LogP contribution >= 0.6 is 0 Å². The van der Waals surface area contributed by atoms with E-state index >= 15 is 0 Å². The number of aryl methyl sites for hydroxylation is 1. The van der Waals surface area contributed by atoms with Gasteiger partial charge in [0.2, 0.25) is 0 Å². The Balaban J connectivity index is 2.55. The van der Waals surface area contributed by atoms with Gasteiger partial charge in [-0.15, -0.1) is 5.10 Å². The van der Waals surface area contributed by atoms with Gasteiger partial charge in [-0.1, -0.05) is 6.07 Å². The van der Waals surface area contributed by atoms with Crippen molar-refractivity contribution < 1.29 is 19.0 Å². The van der Waals surface area contributed by atoms with Crippen molar-refractivity contribution in [3.8, 4) is 17.7 Å². The van der Waals surface area contributed by atoms with Gasteiger partial charge >= 0.3 is 5.97 Å². The highest BCUT2D eigenvalue weighted by Crippen LogP contribution is 2.29. The molecule has 1 aromatic heterocycles. The van der Waals surface area contributed by atoms with Crippen molar-refractivity contribution >= 4 is 5.97 Å². The van der Waals surface area contributed by atoms with Crippen molar-refractivity contribution in [3.63, 3.8) is 0 Å². The Labute approximate surface area is 119 Å². The molecule has 1 N–H and O–H groups in total. The summed E-state index contributed by atoms with van der Waals surface area (Å²) in [7, 11) is 0. The SMILES string of the molecule is Cc1nnc(Oc2cccc(F)c2C(=O)O)c(C#N)c1C. The molecule has 0 bridgehead atoms. The lowest BCUT2D eigenvalue weighted by molar-refractivity contribution is 0.0689. The minimum absolute atomic E-state index is 0.128. The maximum absolute atomic E-state index is 13.6. The van der Waals surface area contributed by atoms with Gasteiger partial charge in [-0.05, 0) is 31.5 Å². The van der Waals surface area contributed by atoms with E-state index in [1.54, 1.807) is 13.8 Å². The van der Waals surface area contributed by atoms with Crippen LogP contribution in [0.5, 0.6) is 11.6 Å². The summed E-state index contributed by atoms with van der Waals surface area (Å²) in [5, 5.41) is 25.7. The van der Waals surface area contributed by atoms with Gasteiger partial charge in [-0.25, -0.2) is 9.18 Å². The Morgan fingerprint density at radius 3 is 2.71 bits per heavy atom. The molecule has 0 radical (unpaired) electrons. The molecule has 0 atom stereocenters. The minimum atomic E-state index is -1.47. The molecule has 2 aromatic rings. The number of hydrogen-bond acceptors (Lipinski definition) is 5. The van der Waals surface area contributed by atoms with Crippen LogP contribution in [0.15, 0.2) is 18.2 Å². The molecule has 7 heteroatoms. The van der Waals surface area contributed by atoms with E-state index in [2.05, 4.69) is 10.2 Å². The van der Waals surface area contributed by atoms with Gasteiger partial charge in [0.15, 0.2) is 0 Å². The topological polar surface area (TPSA) is 96.1 Å². The summed E-state index contributed by atoms with van der Waals surface area (Å²) in [5.41, 5.74) is 0.622. The van der Waals surface area contributed by atoms with E-state index in [1.807, 2.05) is 6.07 Å². The van der Waals surface area contributed by atoms with Crippen molar-refractivity contribution in [2.24, 2.45) is 0 Å². The number of rotatable bonds is 3. The van der Waals surface area contributed by atoms with Crippen LogP contribution in [0.4, 0.5) is 4.39 Å². The van der Waals surface area contributed by atoms with Crippen LogP contribution in [0.1, 0.15) is 27.2 Å². The zero-order valence-corrected chi connectivity index (χ0v) is 11.2. The van der Waals surface area contributed by atoms with Crippen molar-refractivity contribution in [3.05, 3.63) is 46.4 Å². The molecule has 0 aliphatic carbocycles. The van der Waals surface area contributed by atoms with Crippen LogP contribution in [0.25, 0.3) is 0 Å². The molecule has 0 amide bonds. The van der Waals surface area contributed by atoms with Crippen LogP contribution in [0, 0.1) is 31.0 Å². The normalized spacial score (nSPS) is 10.0. The summed E-state index contributed by atoms with van der Waals surface area (Å²) in [6, 6.07) is 5.51. The fourth-order valence-electron chi connectivity index (χ4n) is 1.69. The molecule has 1 aromatic carbocycles. The number of nitriles is 1. The molecule has 0 aliphatic heterocycles. The summed E-state index contributed by atoms with van der Waals surface area (Å²) in [6.45, 7) is 3.34. The number of carboxylic acids is 1. The summed E-state index contributed by atoms with van der Waals surface area (Å²) >= 11 is 0. The second kappa shape index (κ2) is 5.54. The lowest BCUT2D eigenvalue weighted by Crippen LogP contribution is -2.06. The van der Waals surface area contributed by atoms with Gasteiger partial charge in [0.05, 0.1) is 5.69 Å². The first-order chi connectivity index (χ1) is 9.95. The molecule has 106 valence electrons. The number of aromatic carboxylic acids is 1. The van der Waals surface area contributed by atoms with Gasteiger partial charge < -0.3 is 9.84 Å². The summed E-state index contributed by atoms with van der Waals surface area (Å²) in [5.74, 6) is -2.81. The second-order valence-corrected chi connectivity index (χ2v) is 4.22. The highest BCUT2D eigenvalue weighted by atomic mass is 19.1. The van der Waals surface area contributed by atoms with Crippen LogP contribution < -0.4 is 4.74 Å². The Bertz CT molecular complexity index is 769. The number of ether oxygens (including phenoxy) is 1. The van der Waals surface area contributed by atoms with Crippen LogP contribution in [-0.2, 0) is 0 Å². The third-order valence-corrected chi connectivity index (χ3v) is 2.93. The first-order valence-electron chi connectivity index (χ1n) is 5.89. The van der Waals surface area contributed by atoms with Gasteiger partial charge in [-0.3, -0.25) is 0 Å². The Hall–Kier alpha value is -3.01. The first-order valence-corrected chi connectivity index (χ1v) is 5.89. The molecule has 0 aliphatic rings. The average Bonchev–Trinajstić information content (AvgIpc) is 2.43. The Morgan fingerprint density at radius 1 is 1.38 bits per heavy atom. The fraction of sp³-hybridized carbons (Fsp3) is 0.143. The molecular weight excluding hydrogens is 277 g/mol. The average molecular weight is 287 g/mol. The Morgan fingerprint density at radius 2 is 2.10 bits per heavy atom. The van der Waals surface area contributed by atoms with E-state index in [1.165, 1.54) is 12.1 Å². The predicted octanol–water partition coefficient (Wildman–Crippen LogP) is 2.59. The van der Waals surface area contributed by atoms with Crippen molar-refractivity contribution in [1.82, 2.24) is 10.2 Å². The monoisotopic (exact) mass is 287 g/mol. The summed E-state index contributed by atoms with van der Waals surface area (Å²) in [6.07, 6.45) is 0. The zero-order chi connectivity index (χ0) is 15.6. The molecule has 2 rings (SSSR count). The van der Waals surface area contributed by atoms with Gasteiger partial charge in [0, 0.05) is 0 Å². The lowest BCUT2D eigenvalue weighted by Gasteiger charge is -2.10. The molecule has 0 saturated carbocycles. The number of carbonyl (C=O) groups is 1. The largest absolute Gasteiger partial charge is 0.477 e. The van der Waals surface area contributed by atoms with Crippen LogP contribution in [-0.4, -0.2) is 21.3 Å². The van der Waals surface area contributed by atoms with Gasteiger partial charge in [0.1, 0.15) is 28.8 Å². The predicted molar refractivity (Wildman–Crippen MR) is 69.7 cm³/mol. The summed E-state index contributed by atoms with van der Waals surface area (Å²) < 4.78 is 18.9. The first kappa shape index (κ1) is 14.4. The number of benzene rings is 1. The van der Waals surface area contributed by atoms with E-state index in [0.717, 1.165) is 6.07 Å².